The Kier molecular flexibility index (Phi) is 5.27. The molecule has 6 nitrogen and oxygen atoms in total. The summed E-state index contributed by atoms with van der Waals surface area (Å²) in [6, 6.07) is 10.8. The van der Waals surface area contributed by atoms with E-state index in [1.807, 2.05) is 13.2 Å². The monoisotopic (exact) mass is 479 g/mol. The Balaban J connectivity index is 1.36. The molecule has 8 heteroatoms. The molecule has 33 heavy (non-hydrogen) atoms. The van der Waals surface area contributed by atoms with E-state index in [2.05, 4.69) is 55.1 Å². The number of hydrogen-bond donors (Lipinski definition) is 2. The van der Waals surface area contributed by atoms with Gasteiger partial charge < -0.3 is 10.1 Å². The first kappa shape index (κ1) is 21.3. The molecule has 0 saturated carbocycles. The summed E-state index contributed by atoms with van der Waals surface area (Å²) in [6.07, 6.45) is 6.10. The first-order chi connectivity index (χ1) is 16.0. The fraction of sp³-hybridized carbons (Fsp3) is 0.360. The average Bonchev–Trinajstić information content (AvgIpc) is 3.54. The summed E-state index contributed by atoms with van der Waals surface area (Å²) >= 11 is 8.14. The lowest BCUT2D eigenvalue weighted by atomic mass is 9.96. The van der Waals surface area contributed by atoms with Gasteiger partial charge in [-0.2, -0.15) is 0 Å². The summed E-state index contributed by atoms with van der Waals surface area (Å²) in [6.45, 7) is 4.56. The van der Waals surface area contributed by atoms with Crippen LogP contribution in [0.15, 0.2) is 42.7 Å². The van der Waals surface area contributed by atoms with Crippen LogP contribution in [0.1, 0.15) is 23.4 Å². The van der Waals surface area contributed by atoms with Crippen LogP contribution in [0, 0.1) is 0 Å². The quantitative estimate of drug-likeness (QED) is 0.433. The van der Waals surface area contributed by atoms with Crippen molar-refractivity contribution in [3.8, 4) is 21.7 Å². The molecule has 170 valence electrons. The van der Waals surface area contributed by atoms with Gasteiger partial charge in [0.2, 0.25) is 0 Å². The molecule has 0 aliphatic carbocycles. The lowest BCUT2D eigenvalue weighted by molar-refractivity contribution is -0.0919. The number of benzene rings is 1. The van der Waals surface area contributed by atoms with Gasteiger partial charge in [0, 0.05) is 48.7 Å². The Morgan fingerprint density at radius 3 is 2.76 bits per heavy atom. The van der Waals surface area contributed by atoms with Gasteiger partial charge in [-0.15, -0.1) is 11.3 Å². The molecule has 0 amide bonds. The molecule has 2 aliphatic rings. The summed E-state index contributed by atoms with van der Waals surface area (Å²) in [4.78, 5) is 18.1. The van der Waals surface area contributed by atoms with Crippen molar-refractivity contribution in [2.75, 3.05) is 33.2 Å². The number of likely N-dealkylation sites (N-methyl/N-ethyl adjacent to an activating group) is 1. The lowest BCUT2D eigenvalue weighted by Crippen LogP contribution is -2.57. The largest absolute Gasteiger partial charge is 0.380 e. The molecule has 0 unspecified atom stereocenters. The van der Waals surface area contributed by atoms with Crippen molar-refractivity contribution >= 4 is 34.0 Å². The first-order valence-corrected chi connectivity index (χ1v) is 12.5. The molecular formula is C25H26ClN5OS. The molecule has 1 aromatic carbocycles. The topological polar surface area (TPSA) is 68.3 Å². The second kappa shape index (κ2) is 8.18. The molecule has 6 rings (SSSR count). The van der Waals surface area contributed by atoms with Gasteiger partial charge in [-0.25, -0.2) is 9.97 Å². The number of thiazole rings is 1. The third kappa shape index (κ3) is 3.88. The van der Waals surface area contributed by atoms with Gasteiger partial charge in [-0.1, -0.05) is 29.8 Å². The molecule has 0 bridgehead atoms. The lowest BCUT2D eigenvalue weighted by Gasteiger charge is -2.42. The predicted molar refractivity (Wildman–Crippen MR) is 134 cm³/mol. The van der Waals surface area contributed by atoms with Gasteiger partial charge in [0.15, 0.2) is 0 Å². The van der Waals surface area contributed by atoms with E-state index in [1.165, 1.54) is 42.8 Å². The highest BCUT2D eigenvalue weighted by Gasteiger charge is 2.43. The molecule has 2 saturated heterocycles. The van der Waals surface area contributed by atoms with Gasteiger partial charge in [-0.3, -0.25) is 9.80 Å². The maximum Gasteiger partial charge on any atom is 0.141 e. The number of aromatic nitrogens is 3. The van der Waals surface area contributed by atoms with Crippen molar-refractivity contribution in [3.05, 3.63) is 58.3 Å². The van der Waals surface area contributed by atoms with Crippen molar-refractivity contribution in [2.45, 2.75) is 25.0 Å². The fourth-order valence-electron chi connectivity index (χ4n) is 5.08. The number of aliphatic hydroxyl groups is 1. The van der Waals surface area contributed by atoms with E-state index in [9.17, 15) is 5.11 Å². The SMILES string of the molecule is CN1CC(O)(c2ncc(-c3c(Cl)cnc4[nH]c(-c5cccc(CN6CCCC6)c5)cc34)s2)C1. The number of aromatic amines is 1. The van der Waals surface area contributed by atoms with E-state index in [1.54, 1.807) is 6.20 Å². The second-order valence-electron chi connectivity index (χ2n) is 9.34. The van der Waals surface area contributed by atoms with E-state index in [4.69, 9.17) is 11.6 Å². The molecule has 0 atom stereocenters. The molecule has 5 heterocycles. The number of fused-ring (bicyclic) bond motifs is 1. The van der Waals surface area contributed by atoms with Gasteiger partial charge in [0.25, 0.3) is 0 Å². The van der Waals surface area contributed by atoms with Crippen molar-refractivity contribution in [1.82, 2.24) is 24.8 Å². The number of H-pyrrole nitrogens is 1. The smallest absolute Gasteiger partial charge is 0.141 e. The number of nitrogens with one attached hydrogen (secondary N) is 1. The standard InChI is InChI=1S/C25H26ClN5OS/c1-30-14-25(32,15-30)24-28-12-21(33-24)22-18-10-20(29-23(18)27-11-19(22)26)17-6-4-5-16(9-17)13-31-7-2-3-8-31/h4-6,9-12,32H,2-3,7-8,13-15H2,1H3,(H,27,29). The molecule has 4 aromatic rings. The van der Waals surface area contributed by atoms with E-state index >= 15 is 0 Å². The van der Waals surface area contributed by atoms with E-state index in [-0.39, 0.29) is 0 Å². The van der Waals surface area contributed by atoms with Crippen LogP contribution in [0.25, 0.3) is 32.7 Å². The molecular weight excluding hydrogens is 454 g/mol. The summed E-state index contributed by atoms with van der Waals surface area (Å²) in [5.74, 6) is 0. The zero-order valence-electron chi connectivity index (χ0n) is 18.5. The maximum atomic E-state index is 10.8. The summed E-state index contributed by atoms with van der Waals surface area (Å²) in [5.41, 5.74) is 4.33. The van der Waals surface area contributed by atoms with Gasteiger partial charge in [-0.05, 0) is 56.2 Å². The summed E-state index contributed by atoms with van der Waals surface area (Å²) in [5, 5.41) is 13.1. The molecule has 0 radical (unpaired) electrons. The normalized spacial score (nSPS) is 18.8. The van der Waals surface area contributed by atoms with E-state index in [0.717, 1.165) is 44.3 Å². The number of halogens is 1. The highest BCUT2D eigenvalue weighted by molar-refractivity contribution is 7.15. The Morgan fingerprint density at radius 1 is 1.15 bits per heavy atom. The first-order valence-electron chi connectivity index (χ1n) is 11.3. The Hall–Kier alpha value is -2.29. The third-order valence-corrected chi connectivity index (χ3v) is 8.16. The minimum absolute atomic E-state index is 0.587. The number of likely N-dealkylation sites (tertiary alicyclic amines) is 2. The molecule has 2 N–H and O–H groups in total. The molecule has 0 spiro atoms. The van der Waals surface area contributed by atoms with Crippen LogP contribution in [0.2, 0.25) is 5.02 Å². The van der Waals surface area contributed by atoms with Crippen molar-refractivity contribution in [1.29, 1.82) is 0 Å². The van der Waals surface area contributed by atoms with E-state index in [0.29, 0.717) is 18.1 Å². The zero-order valence-corrected chi connectivity index (χ0v) is 20.1. The highest BCUT2D eigenvalue weighted by atomic mass is 35.5. The van der Waals surface area contributed by atoms with E-state index < -0.39 is 5.60 Å². The predicted octanol–water partition coefficient (Wildman–Crippen LogP) is 4.74. The van der Waals surface area contributed by atoms with Gasteiger partial charge in [0.1, 0.15) is 16.3 Å². The maximum absolute atomic E-state index is 10.8. The number of nitrogens with zero attached hydrogens (tertiary/aromatic N) is 4. The van der Waals surface area contributed by atoms with Gasteiger partial charge in [0.05, 0.1) is 9.90 Å². The van der Waals surface area contributed by atoms with Crippen LogP contribution in [0.3, 0.4) is 0 Å². The molecule has 2 fully saturated rings. The number of β-amino-alcohol motifs (C(OH)–C–C–N with tert-alkyl or cyclic N) is 1. The Bertz CT molecular complexity index is 1320. The number of hydrogen-bond acceptors (Lipinski definition) is 6. The molecule has 3 aromatic heterocycles. The van der Waals surface area contributed by atoms with Crippen LogP contribution in [-0.4, -0.2) is 63.1 Å². The fourth-order valence-corrected chi connectivity index (χ4v) is 6.45. The average molecular weight is 480 g/mol. The van der Waals surface area contributed by atoms with Crippen LogP contribution >= 0.6 is 22.9 Å². The number of rotatable bonds is 5. The van der Waals surface area contributed by atoms with Crippen LogP contribution < -0.4 is 0 Å². The minimum Gasteiger partial charge on any atom is -0.380 e. The summed E-state index contributed by atoms with van der Waals surface area (Å²) < 4.78 is 0. The zero-order chi connectivity index (χ0) is 22.6. The third-order valence-electron chi connectivity index (χ3n) is 6.67. The Labute approximate surface area is 201 Å². The number of pyridine rings is 1. The van der Waals surface area contributed by atoms with Crippen LogP contribution in [0.5, 0.6) is 0 Å². The van der Waals surface area contributed by atoms with Gasteiger partial charge >= 0.3 is 0 Å². The Morgan fingerprint density at radius 2 is 1.97 bits per heavy atom. The highest BCUT2D eigenvalue weighted by Crippen LogP contribution is 2.42. The van der Waals surface area contributed by atoms with Crippen LogP contribution in [-0.2, 0) is 12.1 Å². The van der Waals surface area contributed by atoms with Crippen molar-refractivity contribution in [2.24, 2.45) is 0 Å². The van der Waals surface area contributed by atoms with Crippen molar-refractivity contribution in [3.63, 3.8) is 0 Å². The summed E-state index contributed by atoms with van der Waals surface area (Å²) in [7, 11) is 1.99. The molecule has 2 aliphatic heterocycles. The minimum atomic E-state index is -0.866. The van der Waals surface area contributed by atoms with Crippen LogP contribution in [0.4, 0.5) is 0 Å². The second-order valence-corrected chi connectivity index (χ2v) is 10.8. The van der Waals surface area contributed by atoms with Crippen molar-refractivity contribution < 1.29 is 5.11 Å².